The van der Waals surface area contributed by atoms with Crippen LogP contribution in [0.1, 0.15) is 31.5 Å². The summed E-state index contributed by atoms with van der Waals surface area (Å²) in [7, 11) is 0. The number of nitrogens with zero attached hydrogens (tertiary/aromatic N) is 3. The van der Waals surface area contributed by atoms with E-state index in [1.54, 1.807) is 23.5 Å². The van der Waals surface area contributed by atoms with Gasteiger partial charge in [-0.1, -0.05) is 6.92 Å². The van der Waals surface area contributed by atoms with Gasteiger partial charge in [-0.2, -0.15) is 8.78 Å². The lowest BCUT2D eigenvalue weighted by molar-refractivity contribution is -0.0505. The van der Waals surface area contributed by atoms with E-state index in [2.05, 4.69) is 25.3 Å². The topological polar surface area (TPSA) is 72.2 Å². The zero-order valence-electron chi connectivity index (χ0n) is 17.3. The van der Waals surface area contributed by atoms with Crippen molar-refractivity contribution in [3.05, 3.63) is 47.2 Å². The molecule has 0 bridgehead atoms. The molecule has 3 aromatic rings. The summed E-state index contributed by atoms with van der Waals surface area (Å²) < 4.78 is 37.8. The smallest absolute Gasteiger partial charge is 0.387 e. The number of hydrogen-bond acceptors (Lipinski definition) is 5. The maximum Gasteiger partial charge on any atom is 0.387 e. The molecule has 1 aromatic carbocycles. The molecule has 0 unspecified atom stereocenters. The summed E-state index contributed by atoms with van der Waals surface area (Å²) >= 11 is 1.57. The van der Waals surface area contributed by atoms with Crippen molar-refractivity contribution in [2.45, 2.75) is 40.0 Å². The molecular weight excluding hydrogens is 539 g/mol. The highest BCUT2D eigenvalue weighted by atomic mass is 127. The highest BCUT2D eigenvalue weighted by molar-refractivity contribution is 14.0. The number of thiazole rings is 1. The van der Waals surface area contributed by atoms with E-state index in [1.165, 1.54) is 6.07 Å². The van der Waals surface area contributed by atoms with Gasteiger partial charge in [0, 0.05) is 35.9 Å². The second-order valence-electron chi connectivity index (χ2n) is 6.37. The zero-order valence-corrected chi connectivity index (χ0v) is 20.5. The number of aliphatic imine (C=N–C) groups is 1. The summed E-state index contributed by atoms with van der Waals surface area (Å²) in [6.45, 7) is 2.83. The Morgan fingerprint density at radius 3 is 2.84 bits per heavy atom. The van der Waals surface area contributed by atoms with Crippen LogP contribution in [0, 0.1) is 0 Å². The van der Waals surface area contributed by atoms with Gasteiger partial charge in [0.25, 0.3) is 0 Å². The first-order valence-corrected chi connectivity index (χ1v) is 10.6. The van der Waals surface area contributed by atoms with Gasteiger partial charge in [-0.15, -0.1) is 35.3 Å². The van der Waals surface area contributed by atoms with E-state index < -0.39 is 6.61 Å². The van der Waals surface area contributed by atoms with Crippen molar-refractivity contribution in [2.75, 3.05) is 13.2 Å². The van der Waals surface area contributed by atoms with Gasteiger partial charge in [-0.25, -0.2) is 9.98 Å². The number of imidazole rings is 1. The van der Waals surface area contributed by atoms with Crippen LogP contribution >= 0.6 is 35.3 Å². The van der Waals surface area contributed by atoms with Crippen molar-refractivity contribution in [1.82, 2.24) is 20.0 Å². The average molecular weight is 565 g/mol. The SMILES string of the molecule is CCCOc1ccc(CN=C(NCC)NCc2cn3ccsc3n2)c(OC(F)F)c1.I. The second-order valence-corrected chi connectivity index (χ2v) is 7.24. The summed E-state index contributed by atoms with van der Waals surface area (Å²) in [5.74, 6) is 1.11. The normalized spacial score (nSPS) is 11.5. The maximum atomic E-state index is 12.8. The van der Waals surface area contributed by atoms with Crippen molar-refractivity contribution in [2.24, 2.45) is 4.99 Å². The number of guanidine groups is 1. The Bertz CT molecular complexity index is 951. The van der Waals surface area contributed by atoms with E-state index >= 15 is 0 Å². The summed E-state index contributed by atoms with van der Waals surface area (Å²) in [6, 6.07) is 4.90. The Morgan fingerprint density at radius 1 is 1.29 bits per heavy atom. The first-order valence-electron chi connectivity index (χ1n) is 9.72. The second kappa shape index (κ2) is 12.6. The molecule has 0 radical (unpaired) electrons. The predicted molar refractivity (Wildman–Crippen MR) is 129 cm³/mol. The van der Waals surface area contributed by atoms with Crippen LogP contribution in [0.4, 0.5) is 8.78 Å². The number of ether oxygens (including phenoxy) is 2. The number of fused-ring (bicyclic) bond motifs is 1. The van der Waals surface area contributed by atoms with Gasteiger partial charge in [-0.3, -0.25) is 4.40 Å². The van der Waals surface area contributed by atoms with Gasteiger partial charge in [0.15, 0.2) is 10.9 Å². The molecule has 3 rings (SSSR count). The molecule has 0 aliphatic carbocycles. The van der Waals surface area contributed by atoms with E-state index in [0.29, 0.717) is 37.0 Å². The van der Waals surface area contributed by atoms with E-state index in [-0.39, 0.29) is 36.3 Å². The zero-order chi connectivity index (χ0) is 21.3. The third-order valence-corrected chi connectivity index (χ3v) is 4.83. The molecule has 11 heteroatoms. The van der Waals surface area contributed by atoms with E-state index in [0.717, 1.165) is 17.1 Å². The molecular formula is C20H26F2IN5O2S. The molecule has 0 aliphatic rings. The number of nitrogens with one attached hydrogen (secondary N) is 2. The molecule has 7 nitrogen and oxygen atoms in total. The fourth-order valence-electron chi connectivity index (χ4n) is 2.72. The van der Waals surface area contributed by atoms with Crippen molar-refractivity contribution in [1.29, 1.82) is 0 Å². The largest absolute Gasteiger partial charge is 0.493 e. The van der Waals surface area contributed by atoms with Crippen molar-refractivity contribution >= 4 is 46.2 Å². The monoisotopic (exact) mass is 565 g/mol. The fraction of sp³-hybridized carbons (Fsp3) is 0.400. The first kappa shape index (κ1) is 25.1. The molecule has 2 N–H and O–H groups in total. The molecule has 0 fully saturated rings. The molecule has 0 saturated heterocycles. The molecule has 0 aliphatic heterocycles. The van der Waals surface area contributed by atoms with Crippen molar-refractivity contribution < 1.29 is 18.3 Å². The van der Waals surface area contributed by atoms with Crippen LogP contribution in [-0.4, -0.2) is 35.1 Å². The van der Waals surface area contributed by atoms with Gasteiger partial charge < -0.3 is 20.1 Å². The third kappa shape index (κ3) is 7.49. The van der Waals surface area contributed by atoms with Crippen LogP contribution < -0.4 is 20.1 Å². The van der Waals surface area contributed by atoms with Gasteiger partial charge in [-0.05, 0) is 25.5 Å². The minimum Gasteiger partial charge on any atom is -0.493 e. The fourth-order valence-corrected chi connectivity index (χ4v) is 3.44. The Balaban J connectivity index is 0.00000341. The van der Waals surface area contributed by atoms with Crippen LogP contribution in [0.3, 0.4) is 0 Å². The van der Waals surface area contributed by atoms with Crippen LogP contribution in [0.5, 0.6) is 11.5 Å². The van der Waals surface area contributed by atoms with Crippen LogP contribution in [0.25, 0.3) is 4.96 Å². The first-order chi connectivity index (χ1) is 14.6. The number of aromatic nitrogens is 2. The van der Waals surface area contributed by atoms with Crippen LogP contribution in [0.2, 0.25) is 0 Å². The summed E-state index contributed by atoms with van der Waals surface area (Å²) in [6.07, 6.45) is 4.73. The van der Waals surface area contributed by atoms with Crippen LogP contribution in [-0.2, 0) is 13.1 Å². The lowest BCUT2D eigenvalue weighted by atomic mass is 10.2. The number of benzene rings is 1. The molecule has 0 amide bonds. The minimum atomic E-state index is -2.92. The Morgan fingerprint density at radius 2 is 2.13 bits per heavy atom. The number of rotatable bonds is 10. The van der Waals surface area contributed by atoms with Gasteiger partial charge in [0.1, 0.15) is 11.5 Å². The van der Waals surface area contributed by atoms with Gasteiger partial charge in [0.05, 0.1) is 25.4 Å². The average Bonchev–Trinajstić information content (AvgIpc) is 3.31. The molecule has 170 valence electrons. The molecule has 0 atom stereocenters. The number of halogens is 3. The number of hydrogen-bond donors (Lipinski definition) is 2. The summed E-state index contributed by atoms with van der Waals surface area (Å²) in [5, 5.41) is 8.33. The van der Waals surface area contributed by atoms with Gasteiger partial charge in [0.2, 0.25) is 0 Å². The minimum absolute atomic E-state index is 0. The summed E-state index contributed by atoms with van der Waals surface area (Å²) in [5.41, 5.74) is 1.42. The molecule has 2 aromatic heterocycles. The van der Waals surface area contributed by atoms with E-state index in [1.807, 2.05) is 36.0 Å². The van der Waals surface area contributed by atoms with Gasteiger partial charge >= 0.3 is 6.61 Å². The van der Waals surface area contributed by atoms with E-state index in [4.69, 9.17) is 4.74 Å². The molecule has 31 heavy (non-hydrogen) atoms. The van der Waals surface area contributed by atoms with E-state index in [9.17, 15) is 8.78 Å². The quantitative estimate of drug-likeness (QED) is 0.213. The van der Waals surface area contributed by atoms with Crippen LogP contribution in [0.15, 0.2) is 41.0 Å². The predicted octanol–water partition coefficient (Wildman–Crippen LogP) is 4.66. The Labute approximate surface area is 200 Å². The molecule has 2 heterocycles. The highest BCUT2D eigenvalue weighted by Crippen LogP contribution is 2.27. The molecule has 0 spiro atoms. The Hall–Kier alpha value is -2.15. The summed E-state index contributed by atoms with van der Waals surface area (Å²) in [4.78, 5) is 9.94. The Kier molecular flexibility index (Phi) is 10.2. The lowest BCUT2D eigenvalue weighted by Gasteiger charge is -2.14. The highest BCUT2D eigenvalue weighted by Gasteiger charge is 2.12. The molecule has 0 saturated carbocycles. The lowest BCUT2D eigenvalue weighted by Crippen LogP contribution is -2.36. The number of alkyl halides is 2. The maximum absolute atomic E-state index is 12.8. The van der Waals surface area contributed by atoms with Crippen molar-refractivity contribution in [3.63, 3.8) is 0 Å². The van der Waals surface area contributed by atoms with Crippen molar-refractivity contribution in [3.8, 4) is 11.5 Å². The third-order valence-electron chi connectivity index (χ3n) is 4.06. The standard InChI is InChI=1S/C20H25F2N5O2S.HI/c1-3-8-28-16-6-5-14(17(10-16)29-18(21)22)11-24-19(23-4-2)25-12-15-13-27-7-9-30-20(27)26-15;/h5-7,9-10,13,18H,3-4,8,11-12H2,1-2H3,(H2,23,24,25);1H.